The van der Waals surface area contributed by atoms with Crippen molar-refractivity contribution < 1.29 is 45.1 Å². The predicted molar refractivity (Wildman–Crippen MR) is 526 cm³/mol. The highest BCUT2D eigenvalue weighted by molar-refractivity contribution is 6.41. The summed E-state index contributed by atoms with van der Waals surface area (Å²) in [5.41, 5.74) is 15.2. The maximum absolute atomic E-state index is 15.6. The second-order valence-electron chi connectivity index (χ2n) is 33.8. The number of carbonyl (C=O) groups excluding carboxylic acids is 3. The van der Waals surface area contributed by atoms with Crippen LogP contribution >= 0.6 is 92.8 Å². The third-order valence-electron chi connectivity index (χ3n) is 24.1. The van der Waals surface area contributed by atoms with Gasteiger partial charge >= 0.3 is 0 Å². The molecule has 12 aromatic rings. The zero-order chi connectivity index (χ0) is 101. The molecule has 3 saturated heterocycles. The summed E-state index contributed by atoms with van der Waals surface area (Å²) in [6, 6.07) is 14.6. The Morgan fingerprint density at radius 2 is 0.652 bits per heavy atom. The van der Waals surface area contributed by atoms with E-state index in [9.17, 15) is 62.1 Å². The Kier molecular flexibility index (Phi) is 30.1. The summed E-state index contributed by atoms with van der Waals surface area (Å²) in [5, 5.41) is 28.1. The van der Waals surface area contributed by atoms with Crippen LogP contribution in [0.3, 0.4) is 0 Å². The Labute approximate surface area is 825 Å². The zero-order valence-electron chi connectivity index (χ0n) is 75.8. The van der Waals surface area contributed by atoms with Gasteiger partial charge < -0.3 is 46.6 Å². The lowest BCUT2D eigenvalue weighted by molar-refractivity contribution is -0.129. The number of nitrogen functional groups attached to an aromatic ring is 3. The maximum atomic E-state index is 15.6. The van der Waals surface area contributed by atoms with E-state index in [2.05, 4.69) is 51.8 Å². The van der Waals surface area contributed by atoms with Crippen LogP contribution in [0, 0.1) is 95.5 Å². The van der Waals surface area contributed by atoms with Crippen molar-refractivity contribution in [1.82, 2.24) is 58.3 Å². The van der Waals surface area contributed by atoms with E-state index in [1.165, 1.54) is 50.1 Å². The van der Waals surface area contributed by atoms with Crippen LogP contribution in [0.2, 0.25) is 40.2 Å². The van der Waals surface area contributed by atoms with Crippen LogP contribution in [-0.2, 0) is 14.4 Å². The molecule has 0 bridgehead atoms. The summed E-state index contributed by atoms with van der Waals surface area (Å²) in [7, 11) is 0. The van der Waals surface area contributed by atoms with Crippen molar-refractivity contribution in [3.8, 4) is 69.0 Å². The van der Waals surface area contributed by atoms with Gasteiger partial charge in [0.2, 0.25) is 17.7 Å². The van der Waals surface area contributed by atoms with Gasteiger partial charge in [-0.15, -0.1) is 0 Å². The number of fused-ring (bicyclic) bond motifs is 3. The highest BCUT2D eigenvalue weighted by Crippen LogP contribution is 2.50. The number of piperazine rings is 3. The molecule has 0 spiro atoms. The Hall–Kier alpha value is -13.1. The molecule has 714 valence electrons. The van der Waals surface area contributed by atoms with Gasteiger partial charge in [-0.2, -0.15) is 15.8 Å². The number of anilines is 6. The van der Waals surface area contributed by atoms with E-state index >= 15 is 13.2 Å². The van der Waals surface area contributed by atoms with Crippen molar-refractivity contribution in [3.63, 3.8) is 0 Å². The molecule has 27 nitrogen and oxygen atoms in total. The van der Waals surface area contributed by atoms with Gasteiger partial charge in [-0.25, -0.2) is 45.7 Å². The molecule has 3 fully saturated rings. The van der Waals surface area contributed by atoms with Gasteiger partial charge in [-0.3, -0.25) is 57.4 Å². The number of nitriles is 3. The van der Waals surface area contributed by atoms with Crippen LogP contribution in [0.4, 0.5) is 64.9 Å². The quantitative estimate of drug-likeness (QED) is 0.0282. The Balaban J connectivity index is 0.000000175. The summed E-state index contributed by atoms with van der Waals surface area (Å²) < 4.78 is 108. The molecule has 0 radical (unpaired) electrons. The van der Waals surface area contributed by atoms with Gasteiger partial charge in [-0.05, 0) is 131 Å². The first-order valence-corrected chi connectivity index (χ1v) is 45.6. The minimum Gasteiger partial charge on any atom is -0.395 e. The Morgan fingerprint density at radius 3 is 0.891 bits per heavy atom. The van der Waals surface area contributed by atoms with Gasteiger partial charge in [0.1, 0.15) is 61.9 Å². The van der Waals surface area contributed by atoms with E-state index in [1.54, 1.807) is 77.2 Å². The van der Waals surface area contributed by atoms with Crippen LogP contribution in [0.5, 0.6) is 0 Å². The van der Waals surface area contributed by atoms with E-state index in [-0.39, 0.29) is 206 Å². The molecule has 0 aliphatic carbocycles. The highest BCUT2D eigenvalue weighted by Gasteiger charge is 2.40. The molecule has 3 atom stereocenters. The molecule has 0 unspecified atom stereocenters. The largest absolute Gasteiger partial charge is 0.395 e. The predicted octanol–water partition coefficient (Wildman–Crippen LogP) is 19.9. The lowest BCUT2D eigenvalue weighted by Gasteiger charge is -2.41. The topological polar surface area (TPSA) is 363 Å². The number of amides is 3. The fraction of sp³-hybridized carbons (Fsp3) is 0.281. The van der Waals surface area contributed by atoms with E-state index < -0.39 is 122 Å². The van der Waals surface area contributed by atoms with Crippen LogP contribution in [0.25, 0.3) is 83.9 Å². The molecule has 42 heteroatoms. The second kappa shape index (κ2) is 40.5. The third-order valence-corrected chi connectivity index (χ3v) is 26.9. The summed E-state index contributed by atoms with van der Waals surface area (Å²) in [5.74, 6) is -11.4. The van der Waals surface area contributed by atoms with Crippen molar-refractivity contribution in [1.29, 1.82) is 15.8 Å². The lowest BCUT2D eigenvalue weighted by Crippen LogP contribution is -2.54. The van der Waals surface area contributed by atoms with Gasteiger partial charge in [0.15, 0.2) is 40.7 Å². The molecule has 9 aromatic heterocycles. The van der Waals surface area contributed by atoms with Crippen LogP contribution in [-0.4, -0.2) is 153 Å². The monoisotopic (exact) mass is 2040 g/mol. The SMILES string of the molecule is C=CC(=O)N1CCN(c2c(C#N)c(=O)n(-c3c(C)ccnc3C(C)C)c3nc(-c4c(F)c(Cl)c(F)c(N)c4Cl)c(Cl)cc23)C[C@H]1C.C=CC(=O)N1CCN(c2c(C#N)c(=O)n(-c3c(C)ccnc3C(C)C)c3nc(-c4c(F)c(Cl)c(F)c(N)c4Cl)c(Cl)cc23)C[C@H]1C.C=CC(=O)N1CCN(c2c(C#N)c(=O)n(-c3c(C)ccnc3C(C)C)c3nc(-c4c(F)c(F)c(F)c(N)c4Cl)c(Cl)cc23)C[C@H]1C. The molecular formula is C96H84Cl8F7N21O6. The average Bonchev–Trinajstić information content (AvgIpc) is 0.726. The summed E-state index contributed by atoms with van der Waals surface area (Å²) in [6.07, 6.45) is 8.49. The molecule has 3 aromatic carbocycles. The van der Waals surface area contributed by atoms with E-state index in [0.29, 0.717) is 50.8 Å². The molecule has 3 amide bonds. The molecular weight excluding hydrogens is 1960 g/mol. The molecule has 12 heterocycles. The number of aromatic nitrogens is 9. The van der Waals surface area contributed by atoms with Crippen molar-refractivity contribution >= 4 is 178 Å². The third kappa shape index (κ3) is 17.9. The van der Waals surface area contributed by atoms with Gasteiger partial charge in [0.05, 0.1) is 132 Å². The van der Waals surface area contributed by atoms with E-state index in [1.807, 2.05) is 78.2 Å². The fourth-order valence-electron chi connectivity index (χ4n) is 17.5. The molecule has 3 aliphatic heterocycles. The number of halogens is 15. The van der Waals surface area contributed by atoms with Gasteiger partial charge in [0, 0.05) is 112 Å². The number of aryl methyl sites for hydroxylation is 3. The molecule has 6 N–H and O–H groups in total. The minimum absolute atomic E-state index is 0.00290. The van der Waals surface area contributed by atoms with E-state index in [0.717, 1.165) is 0 Å². The molecule has 138 heavy (non-hydrogen) atoms. The number of carbonyl (C=O) groups is 3. The molecule has 3 aliphatic rings. The fourth-order valence-corrected chi connectivity index (χ4v) is 19.4. The first kappa shape index (κ1) is 102. The number of nitrogens with two attached hydrogens (primary N) is 3. The van der Waals surface area contributed by atoms with E-state index in [4.69, 9.17) is 120 Å². The van der Waals surface area contributed by atoms with Crippen molar-refractivity contribution in [2.45, 2.75) is 119 Å². The molecule has 0 saturated carbocycles. The highest BCUT2D eigenvalue weighted by atomic mass is 35.5. The second-order valence-corrected chi connectivity index (χ2v) is 36.9. The summed E-state index contributed by atoms with van der Waals surface area (Å²) in [4.78, 5) is 119. The normalized spacial score (nSPS) is 15.0. The number of pyridine rings is 9. The van der Waals surface area contributed by atoms with Crippen molar-refractivity contribution in [3.05, 3.63) is 255 Å². The number of nitrogens with zero attached hydrogens (tertiary/aromatic N) is 18. The number of hydrogen-bond donors (Lipinski definition) is 3. The minimum atomic E-state index is -1.88. The van der Waals surface area contributed by atoms with Crippen molar-refractivity contribution in [2.75, 3.05) is 90.8 Å². The zero-order valence-corrected chi connectivity index (χ0v) is 81.8. The van der Waals surface area contributed by atoms with Crippen LogP contribution in [0.1, 0.15) is 131 Å². The number of hydrogen-bond acceptors (Lipinski definition) is 21. The number of rotatable bonds is 15. The van der Waals surface area contributed by atoms with Gasteiger partial charge in [-0.1, -0.05) is 154 Å². The first-order valence-electron chi connectivity index (χ1n) is 42.6. The standard InChI is InChI=1S/2C32H28Cl3F2N7O2.C32H28Cl2F3N7O2/c2*1-6-20(45)43-10-9-42(13-16(43)5)30-17-11-19(33)28(21-22(34)26(39)25(37)23(35)24(21)36)41-31(17)44(32(46)18(30)12-38)29-15(4)7-8-40-27(29)14(2)3;1-6-20(45)43-10-9-42(13-16(43)5)30-17-11-19(33)28(21-22(34)26(39)25(37)24(36)23(21)35)41-31(17)44(32(46)18(30)12-38)29-15(4)7-8-40-27(29)14(2)3/h3*6-8,11,14,16H,1,9-10,13,39H2,2-5H3/t3*16-/m111/s1. The molecule has 15 rings (SSSR count). The maximum Gasteiger partial charge on any atom is 0.276 e. The van der Waals surface area contributed by atoms with Crippen molar-refractivity contribution in [2.24, 2.45) is 0 Å². The van der Waals surface area contributed by atoms with Crippen LogP contribution < -0.4 is 48.6 Å². The summed E-state index contributed by atoms with van der Waals surface area (Å²) >= 11 is 51.0. The van der Waals surface area contributed by atoms with Crippen LogP contribution in [0.15, 0.2) is 107 Å². The lowest BCUT2D eigenvalue weighted by atomic mass is 10.0. The summed E-state index contributed by atoms with van der Waals surface area (Å²) in [6.45, 7) is 35.2. The Morgan fingerprint density at radius 1 is 0.399 bits per heavy atom. The smallest absolute Gasteiger partial charge is 0.276 e. The first-order chi connectivity index (χ1) is 65.2. The van der Waals surface area contributed by atoms with Gasteiger partial charge in [0.25, 0.3) is 16.7 Å². The average molecular weight is 2040 g/mol. The Bertz CT molecular complexity index is 6790. The number of benzene rings is 3.